The Hall–Kier alpha value is -2.04. The third-order valence-corrected chi connectivity index (χ3v) is 3.73. The smallest absolute Gasteiger partial charge is 0.161 e. The van der Waals surface area contributed by atoms with E-state index < -0.39 is 0 Å². The largest absolute Gasteiger partial charge is 0.490 e. The molecule has 1 atom stereocenters. The Kier molecular flexibility index (Phi) is 8.29. The van der Waals surface area contributed by atoms with Crippen LogP contribution in [-0.2, 0) is 11.3 Å². The third-order valence-electron chi connectivity index (χ3n) is 3.73. The number of hydrogen-bond donors (Lipinski definition) is 1. The van der Waals surface area contributed by atoms with E-state index in [9.17, 15) is 0 Å². The molecule has 25 heavy (non-hydrogen) atoms. The van der Waals surface area contributed by atoms with Crippen LogP contribution in [0.5, 0.6) is 11.5 Å². The third kappa shape index (κ3) is 6.40. The van der Waals surface area contributed by atoms with Gasteiger partial charge in [0.15, 0.2) is 11.5 Å². The first-order valence-electron chi connectivity index (χ1n) is 9.01. The molecule has 0 aliphatic rings. The van der Waals surface area contributed by atoms with Gasteiger partial charge in [0, 0.05) is 0 Å². The molecule has 2 N–H and O–H groups in total. The zero-order chi connectivity index (χ0) is 17.9. The number of rotatable bonds is 11. The van der Waals surface area contributed by atoms with E-state index in [0.717, 1.165) is 35.5 Å². The molecule has 4 heteroatoms. The van der Waals surface area contributed by atoms with Crippen molar-refractivity contribution in [2.45, 2.75) is 39.3 Å². The minimum atomic E-state index is -0.201. The normalized spacial score (nSPS) is 12.0. The minimum Gasteiger partial charge on any atom is -0.490 e. The van der Waals surface area contributed by atoms with Crippen LogP contribution in [0.2, 0.25) is 0 Å². The van der Waals surface area contributed by atoms with Crippen molar-refractivity contribution < 1.29 is 14.2 Å². The molecule has 0 fully saturated rings. The molecule has 0 aliphatic heterocycles. The van der Waals surface area contributed by atoms with Crippen LogP contribution in [0.25, 0.3) is 0 Å². The van der Waals surface area contributed by atoms with E-state index in [2.05, 4.69) is 13.8 Å². The van der Waals surface area contributed by atoms with Gasteiger partial charge in [-0.25, -0.2) is 0 Å². The Morgan fingerprint density at radius 2 is 1.56 bits per heavy atom. The average molecular weight is 343 g/mol. The zero-order valence-corrected chi connectivity index (χ0v) is 15.2. The Labute approximate surface area is 150 Å². The van der Waals surface area contributed by atoms with Gasteiger partial charge in [-0.15, -0.1) is 0 Å². The molecule has 0 spiro atoms. The van der Waals surface area contributed by atoms with E-state index in [-0.39, 0.29) is 6.04 Å². The van der Waals surface area contributed by atoms with Crippen molar-refractivity contribution in [2.75, 3.05) is 19.8 Å². The van der Waals surface area contributed by atoms with Gasteiger partial charge in [-0.3, -0.25) is 0 Å². The highest BCUT2D eigenvalue weighted by atomic mass is 16.5. The summed E-state index contributed by atoms with van der Waals surface area (Å²) in [5, 5.41) is 0. The predicted molar refractivity (Wildman–Crippen MR) is 101 cm³/mol. The summed E-state index contributed by atoms with van der Waals surface area (Å²) < 4.78 is 17.3. The van der Waals surface area contributed by atoms with E-state index in [1.807, 2.05) is 48.5 Å². The van der Waals surface area contributed by atoms with Gasteiger partial charge >= 0.3 is 0 Å². The Balaban J connectivity index is 1.96. The Morgan fingerprint density at radius 1 is 0.880 bits per heavy atom. The summed E-state index contributed by atoms with van der Waals surface area (Å²) in [7, 11) is 0. The summed E-state index contributed by atoms with van der Waals surface area (Å²) in [5.41, 5.74) is 8.42. The molecule has 2 aromatic rings. The number of benzene rings is 2. The molecular weight excluding hydrogens is 314 g/mol. The fourth-order valence-corrected chi connectivity index (χ4v) is 2.39. The summed E-state index contributed by atoms with van der Waals surface area (Å²) in [6.07, 6.45) is 1.91. The van der Waals surface area contributed by atoms with Crippen molar-refractivity contribution in [1.29, 1.82) is 0 Å². The number of hydrogen-bond acceptors (Lipinski definition) is 4. The maximum atomic E-state index is 6.29. The van der Waals surface area contributed by atoms with Gasteiger partial charge in [0.2, 0.25) is 0 Å². The average Bonchev–Trinajstić information content (AvgIpc) is 2.65. The standard InChI is InChI=1S/C21H29NO3/c1-3-12-24-20-11-10-18(14-21(20)25-13-4-2)19(22)16-23-15-17-8-6-5-7-9-17/h5-11,14,19H,3-4,12-13,15-16,22H2,1-2H3. The molecule has 0 amide bonds. The van der Waals surface area contributed by atoms with Gasteiger partial charge in [0.05, 0.1) is 32.5 Å². The lowest BCUT2D eigenvalue weighted by Gasteiger charge is -2.17. The summed E-state index contributed by atoms with van der Waals surface area (Å²) in [6.45, 7) is 6.52. The summed E-state index contributed by atoms with van der Waals surface area (Å²) in [5.74, 6) is 1.53. The summed E-state index contributed by atoms with van der Waals surface area (Å²) in [4.78, 5) is 0. The van der Waals surface area contributed by atoms with Gasteiger partial charge in [-0.1, -0.05) is 50.2 Å². The van der Waals surface area contributed by atoms with E-state index in [4.69, 9.17) is 19.9 Å². The lowest BCUT2D eigenvalue weighted by molar-refractivity contribution is 0.108. The maximum absolute atomic E-state index is 6.29. The predicted octanol–water partition coefficient (Wildman–Crippen LogP) is 4.48. The highest BCUT2D eigenvalue weighted by Gasteiger charge is 2.12. The molecule has 0 saturated carbocycles. The fraction of sp³-hybridized carbons (Fsp3) is 0.429. The Morgan fingerprint density at radius 3 is 2.24 bits per heavy atom. The second-order valence-corrected chi connectivity index (χ2v) is 6.01. The van der Waals surface area contributed by atoms with Crippen molar-refractivity contribution in [3.8, 4) is 11.5 Å². The number of nitrogens with two attached hydrogens (primary N) is 1. The molecule has 2 rings (SSSR count). The van der Waals surface area contributed by atoms with Crippen LogP contribution in [0, 0.1) is 0 Å². The van der Waals surface area contributed by atoms with E-state index in [1.54, 1.807) is 0 Å². The molecule has 0 aliphatic carbocycles. The van der Waals surface area contributed by atoms with Crippen molar-refractivity contribution in [3.63, 3.8) is 0 Å². The Bertz CT molecular complexity index is 616. The number of ether oxygens (including phenoxy) is 3. The first-order chi connectivity index (χ1) is 12.2. The second-order valence-electron chi connectivity index (χ2n) is 6.01. The molecule has 1 unspecified atom stereocenters. The monoisotopic (exact) mass is 343 g/mol. The lowest BCUT2D eigenvalue weighted by Crippen LogP contribution is -2.17. The van der Waals surface area contributed by atoms with Gasteiger partial charge in [0.1, 0.15) is 0 Å². The van der Waals surface area contributed by atoms with Crippen molar-refractivity contribution in [2.24, 2.45) is 5.73 Å². The van der Waals surface area contributed by atoms with Gasteiger partial charge in [-0.2, -0.15) is 0 Å². The first kappa shape index (κ1) is 19.3. The topological polar surface area (TPSA) is 53.7 Å². The lowest BCUT2D eigenvalue weighted by atomic mass is 10.1. The van der Waals surface area contributed by atoms with Crippen LogP contribution < -0.4 is 15.2 Å². The van der Waals surface area contributed by atoms with Crippen molar-refractivity contribution >= 4 is 0 Å². The van der Waals surface area contributed by atoms with Gasteiger partial charge in [-0.05, 0) is 36.1 Å². The maximum Gasteiger partial charge on any atom is 0.161 e. The zero-order valence-electron chi connectivity index (χ0n) is 15.2. The van der Waals surface area contributed by atoms with Gasteiger partial charge in [0.25, 0.3) is 0 Å². The molecule has 2 aromatic carbocycles. The van der Waals surface area contributed by atoms with Crippen LogP contribution >= 0.6 is 0 Å². The van der Waals surface area contributed by atoms with Crippen LogP contribution in [0.3, 0.4) is 0 Å². The minimum absolute atomic E-state index is 0.201. The van der Waals surface area contributed by atoms with Crippen LogP contribution in [-0.4, -0.2) is 19.8 Å². The first-order valence-corrected chi connectivity index (χ1v) is 9.01. The molecule has 0 radical (unpaired) electrons. The fourth-order valence-electron chi connectivity index (χ4n) is 2.39. The van der Waals surface area contributed by atoms with E-state index in [1.165, 1.54) is 0 Å². The molecule has 136 valence electrons. The van der Waals surface area contributed by atoms with Crippen LogP contribution in [0.1, 0.15) is 43.9 Å². The molecular formula is C21H29NO3. The highest BCUT2D eigenvalue weighted by molar-refractivity contribution is 5.44. The van der Waals surface area contributed by atoms with Crippen molar-refractivity contribution in [1.82, 2.24) is 0 Å². The van der Waals surface area contributed by atoms with E-state index in [0.29, 0.717) is 26.4 Å². The SMILES string of the molecule is CCCOc1ccc(C(N)COCc2ccccc2)cc1OCCC. The summed E-state index contributed by atoms with van der Waals surface area (Å²) >= 11 is 0. The highest BCUT2D eigenvalue weighted by Crippen LogP contribution is 2.30. The molecule has 0 heterocycles. The van der Waals surface area contributed by atoms with Gasteiger partial charge < -0.3 is 19.9 Å². The molecule has 0 saturated heterocycles. The molecule has 4 nitrogen and oxygen atoms in total. The quantitative estimate of drug-likeness (QED) is 0.653. The molecule has 0 bridgehead atoms. The van der Waals surface area contributed by atoms with Crippen molar-refractivity contribution in [3.05, 3.63) is 59.7 Å². The van der Waals surface area contributed by atoms with E-state index >= 15 is 0 Å². The second kappa shape index (κ2) is 10.7. The van der Waals surface area contributed by atoms with Crippen LogP contribution in [0.15, 0.2) is 48.5 Å². The molecule has 0 aromatic heterocycles. The summed E-state index contributed by atoms with van der Waals surface area (Å²) in [6, 6.07) is 15.8. The van der Waals surface area contributed by atoms with Crippen LogP contribution in [0.4, 0.5) is 0 Å².